The molecular weight excluding hydrogens is 204 g/mol. The minimum absolute atomic E-state index is 0.231. The molecule has 0 aliphatic carbocycles. The third-order valence-corrected chi connectivity index (χ3v) is 3.13. The Morgan fingerprint density at radius 2 is 2.25 bits per heavy atom. The molecule has 16 heavy (non-hydrogen) atoms. The molecule has 0 bridgehead atoms. The van der Waals surface area contributed by atoms with E-state index in [1.54, 1.807) is 0 Å². The fourth-order valence-electron chi connectivity index (χ4n) is 2.28. The van der Waals surface area contributed by atoms with Crippen LogP contribution >= 0.6 is 0 Å². The minimum Gasteiger partial charge on any atom is -0.481 e. The van der Waals surface area contributed by atoms with Crippen LogP contribution in [-0.4, -0.2) is 48.2 Å². The predicted molar refractivity (Wildman–Crippen MR) is 64.6 cm³/mol. The van der Waals surface area contributed by atoms with E-state index in [1.165, 1.54) is 32.4 Å². The van der Waals surface area contributed by atoms with E-state index in [0.717, 1.165) is 13.0 Å². The van der Waals surface area contributed by atoms with Crippen molar-refractivity contribution in [2.45, 2.75) is 45.1 Å². The van der Waals surface area contributed by atoms with Gasteiger partial charge < -0.3 is 15.3 Å². The standard InChI is InChI=1S/C12H24N2O2/c1-2-8-14-9-3-4-11(6-10-14)13-7-5-12(15)16/h11,13H,2-10H2,1H3,(H,15,16). The normalized spacial score (nSPS) is 22.9. The van der Waals surface area contributed by atoms with E-state index in [-0.39, 0.29) is 6.42 Å². The molecule has 4 heteroatoms. The molecule has 1 rings (SSSR count). The molecular formula is C12H24N2O2. The maximum atomic E-state index is 10.4. The van der Waals surface area contributed by atoms with Crippen LogP contribution in [0.5, 0.6) is 0 Å². The first-order valence-electron chi connectivity index (χ1n) is 6.40. The average Bonchev–Trinajstić information content (AvgIpc) is 2.44. The first kappa shape index (κ1) is 13.5. The van der Waals surface area contributed by atoms with Gasteiger partial charge in [0.05, 0.1) is 6.42 Å². The van der Waals surface area contributed by atoms with Crippen LogP contribution in [-0.2, 0) is 4.79 Å². The van der Waals surface area contributed by atoms with E-state index >= 15 is 0 Å². The molecule has 0 amide bonds. The summed E-state index contributed by atoms with van der Waals surface area (Å²) in [5, 5.41) is 11.9. The highest BCUT2D eigenvalue weighted by Crippen LogP contribution is 2.11. The van der Waals surface area contributed by atoms with E-state index < -0.39 is 5.97 Å². The number of rotatable bonds is 6. The van der Waals surface area contributed by atoms with E-state index in [4.69, 9.17) is 5.11 Å². The maximum Gasteiger partial charge on any atom is 0.304 e. The molecule has 1 heterocycles. The molecule has 1 aliphatic rings. The molecule has 94 valence electrons. The van der Waals surface area contributed by atoms with Gasteiger partial charge in [-0.1, -0.05) is 6.92 Å². The quantitative estimate of drug-likeness (QED) is 0.720. The molecule has 2 N–H and O–H groups in total. The number of hydrogen-bond donors (Lipinski definition) is 2. The van der Waals surface area contributed by atoms with Crippen LogP contribution in [0.15, 0.2) is 0 Å². The summed E-state index contributed by atoms with van der Waals surface area (Å²) in [7, 11) is 0. The maximum absolute atomic E-state index is 10.4. The number of likely N-dealkylation sites (tertiary alicyclic amines) is 1. The number of nitrogens with one attached hydrogen (secondary N) is 1. The molecule has 1 aliphatic heterocycles. The zero-order chi connectivity index (χ0) is 11.8. The number of carbonyl (C=O) groups is 1. The molecule has 0 aromatic rings. The van der Waals surface area contributed by atoms with E-state index in [1.807, 2.05) is 0 Å². The average molecular weight is 228 g/mol. The topological polar surface area (TPSA) is 52.6 Å². The molecule has 0 aromatic carbocycles. The summed E-state index contributed by atoms with van der Waals surface area (Å²) in [4.78, 5) is 12.9. The smallest absolute Gasteiger partial charge is 0.304 e. The van der Waals surface area contributed by atoms with E-state index in [0.29, 0.717) is 12.6 Å². The lowest BCUT2D eigenvalue weighted by Gasteiger charge is -2.19. The highest BCUT2D eigenvalue weighted by Gasteiger charge is 2.15. The summed E-state index contributed by atoms with van der Waals surface area (Å²) in [5.41, 5.74) is 0. The highest BCUT2D eigenvalue weighted by molar-refractivity contribution is 5.66. The monoisotopic (exact) mass is 228 g/mol. The van der Waals surface area contributed by atoms with E-state index in [9.17, 15) is 4.79 Å². The molecule has 1 saturated heterocycles. The Bertz CT molecular complexity index is 209. The van der Waals surface area contributed by atoms with Gasteiger partial charge in [0.1, 0.15) is 0 Å². The fourth-order valence-corrected chi connectivity index (χ4v) is 2.28. The van der Waals surface area contributed by atoms with Gasteiger partial charge in [0.25, 0.3) is 0 Å². The fraction of sp³-hybridized carbons (Fsp3) is 0.917. The molecule has 0 saturated carbocycles. The van der Waals surface area contributed by atoms with Crippen molar-refractivity contribution >= 4 is 5.97 Å². The van der Waals surface area contributed by atoms with Gasteiger partial charge in [-0.25, -0.2) is 0 Å². The lowest BCUT2D eigenvalue weighted by molar-refractivity contribution is -0.136. The summed E-state index contributed by atoms with van der Waals surface area (Å²) >= 11 is 0. The predicted octanol–water partition coefficient (Wildman–Crippen LogP) is 1.32. The Hall–Kier alpha value is -0.610. The van der Waals surface area contributed by atoms with Gasteiger partial charge in [-0.05, 0) is 45.3 Å². The number of aliphatic carboxylic acids is 1. The number of carboxylic acids is 1. The number of carboxylic acid groups (broad SMARTS) is 1. The summed E-state index contributed by atoms with van der Waals surface area (Å²) in [5.74, 6) is -0.714. The third-order valence-electron chi connectivity index (χ3n) is 3.13. The number of nitrogens with zero attached hydrogens (tertiary/aromatic N) is 1. The highest BCUT2D eigenvalue weighted by atomic mass is 16.4. The zero-order valence-electron chi connectivity index (χ0n) is 10.2. The van der Waals surface area contributed by atoms with Gasteiger partial charge in [-0.3, -0.25) is 4.79 Å². The van der Waals surface area contributed by atoms with E-state index in [2.05, 4.69) is 17.1 Å². The first-order chi connectivity index (χ1) is 7.72. The Kier molecular flexibility index (Phi) is 6.42. The van der Waals surface area contributed by atoms with Crippen molar-refractivity contribution in [1.82, 2.24) is 10.2 Å². The van der Waals surface area contributed by atoms with Crippen LogP contribution in [0.1, 0.15) is 39.0 Å². The molecule has 4 nitrogen and oxygen atoms in total. The first-order valence-corrected chi connectivity index (χ1v) is 6.40. The Balaban J connectivity index is 2.17. The lowest BCUT2D eigenvalue weighted by Crippen LogP contribution is -2.32. The second-order valence-electron chi connectivity index (χ2n) is 4.57. The van der Waals surface area contributed by atoms with Crippen molar-refractivity contribution in [3.05, 3.63) is 0 Å². The third kappa shape index (κ3) is 5.47. The summed E-state index contributed by atoms with van der Waals surface area (Å²) in [6.07, 6.45) is 5.01. The zero-order valence-corrected chi connectivity index (χ0v) is 10.2. The molecule has 0 aromatic heterocycles. The number of hydrogen-bond acceptors (Lipinski definition) is 3. The van der Waals surface area contributed by atoms with Crippen molar-refractivity contribution in [2.24, 2.45) is 0 Å². The Morgan fingerprint density at radius 3 is 2.94 bits per heavy atom. The van der Waals surface area contributed by atoms with Gasteiger partial charge >= 0.3 is 5.97 Å². The van der Waals surface area contributed by atoms with Crippen molar-refractivity contribution in [1.29, 1.82) is 0 Å². The van der Waals surface area contributed by atoms with Gasteiger partial charge in [0.2, 0.25) is 0 Å². The van der Waals surface area contributed by atoms with Gasteiger partial charge in [-0.2, -0.15) is 0 Å². The summed E-state index contributed by atoms with van der Waals surface area (Å²) in [6, 6.07) is 0.515. The summed E-state index contributed by atoms with van der Waals surface area (Å²) < 4.78 is 0. The SMILES string of the molecule is CCCN1CCCC(NCCC(=O)O)CC1. The van der Waals surface area contributed by atoms with Gasteiger partial charge in [0.15, 0.2) is 0 Å². The van der Waals surface area contributed by atoms with Crippen LogP contribution in [0.3, 0.4) is 0 Å². The van der Waals surface area contributed by atoms with Crippen molar-refractivity contribution in [3.63, 3.8) is 0 Å². The lowest BCUT2D eigenvalue weighted by atomic mass is 10.1. The molecule has 1 atom stereocenters. The summed E-state index contributed by atoms with van der Waals surface area (Å²) in [6.45, 7) is 6.37. The van der Waals surface area contributed by atoms with Crippen LogP contribution in [0, 0.1) is 0 Å². The molecule has 1 fully saturated rings. The van der Waals surface area contributed by atoms with Crippen LogP contribution in [0.2, 0.25) is 0 Å². The van der Waals surface area contributed by atoms with Crippen LogP contribution in [0.25, 0.3) is 0 Å². The molecule has 0 radical (unpaired) electrons. The largest absolute Gasteiger partial charge is 0.481 e. The van der Waals surface area contributed by atoms with Gasteiger partial charge in [0, 0.05) is 12.6 Å². The molecule has 0 spiro atoms. The second-order valence-corrected chi connectivity index (χ2v) is 4.57. The van der Waals surface area contributed by atoms with Crippen molar-refractivity contribution in [3.8, 4) is 0 Å². The minimum atomic E-state index is -0.714. The molecule has 1 unspecified atom stereocenters. The van der Waals surface area contributed by atoms with Crippen LogP contribution < -0.4 is 5.32 Å². The second kappa shape index (κ2) is 7.63. The van der Waals surface area contributed by atoms with Gasteiger partial charge in [-0.15, -0.1) is 0 Å². The van der Waals surface area contributed by atoms with Crippen molar-refractivity contribution < 1.29 is 9.90 Å². The van der Waals surface area contributed by atoms with Crippen molar-refractivity contribution in [2.75, 3.05) is 26.2 Å². The Labute approximate surface area is 98.0 Å². The Morgan fingerprint density at radius 1 is 1.44 bits per heavy atom. The van der Waals surface area contributed by atoms with Crippen LogP contribution in [0.4, 0.5) is 0 Å².